The molecule has 1 aliphatic heterocycles. The van der Waals surface area contributed by atoms with Gasteiger partial charge < -0.3 is 15.6 Å². The van der Waals surface area contributed by atoms with Crippen LogP contribution in [0, 0.1) is 6.92 Å². The van der Waals surface area contributed by atoms with Gasteiger partial charge in [0.25, 0.3) is 5.91 Å². The second-order valence-electron chi connectivity index (χ2n) is 4.34. The van der Waals surface area contributed by atoms with Gasteiger partial charge in [-0.1, -0.05) is 23.2 Å². The Kier molecular flexibility index (Phi) is 4.43. The lowest BCUT2D eigenvalue weighted by Crippen LogP contribution is -2.50. The Balaban J connectivity index is 2.09. The van der Waals surface area contributed by atoms with E-state index in [1.807, 2.05) is 0 Å². The van der Waals surface area contributed by atoms with Crippen LogP contribution in [0.15, 0.2) is 0 Å². The minimum atomic E-state index is -0.271. The van der Waals surface area contributed by atoms with Crippen molar-refractivity contribution in [3.63, 3.8) is 0 Å². The number of carbonyl (C=O) groups excluding carboxylic acids is 1. The third-order valence-corrected chi connectivity index (χ3v) is 4.41. The predicted octanol–water partition coefficient (Wildman–Crippen LogP) is 2.33. The maximum Gasteiger partial charge on any atom is 0.269 e. The van der Waals surface area contributed by atoms with Crippen molar-refractivity contribution in [1.29, 1.82) is 0 Å². The summed E-state index contributed by atoms with van der Waals surface area (Å²) in [6, 6.07) is -0.0566. The van der Waals surface area contributed by atoms with Gasteiger partial charge in [-0.2, -0.15) is 0 Å². The number of rotatable bonds is 2. The van der Waals surface area contributed by atoms with Crippen LogP contribution in [0.2, 0.25) is 10.0 Å². The van der Waals surface area contributed by atoms with Gasteiger partial charge in [-0.3, -0.25) is 4.79 Å². The molecule has 2 heterocycles. The zero-order valence-electron chi connectivity index (χ0n) is 9.82. The van der Waals surface area contributed by atoms with E-state index >= 15 is 0 Å². The minimum absolute atomic E-state index is 0.0566. The second-order valence-corrected chi connectivity index (χ2v) is 5.66. The Bertz CT molecular complexity index is 461. The van der Waals surface area contributed by atoms with Gasteiger partial charge in [0.1, 0.15) is 5.69 Å². The normalized spacial score (nSPS) is 24.0. The third kappa shape index (κ3) is 2.77. The molecule has 1 aromatic rings. The van der Waals surface area contributed by atoms with Gasteiger partial charge in [-0.05, 0) is 19.9 Å². The molecule has 0 spiro atoms. The SMILES string of the molecule is Cc1[nH]c(C(=O)NC2CCNCC2Cl)c(Cl)c1Cl. The zero-order chi connectivity index (χ0) is 13.3. The number of carbonyl (C=O) groups is 1. The summed E-state index contributed by atoms with van der Waals surface area (Å²) in [5.41, 5.74) is 0.973. The zero-order valence-corrected chi connectivity index (χ0v) is 12.1. The molecule has 4 nitrogen and oxygen atoms in total. The van der Waals surface area contributed by atoms with Crippen molar-refractivity contribution >= 4 is 40.7 Å². The van der Waals surface area contributed by atoms with E-state index in [2.05, 4.69) is 15.6 Å². The first-order valence-corrected chi connectivity index (χ1v) is 6.89. The van der Waals surface area contributed by atoms with Crippen molar-refractivity contribution in [2.24, 2.45) is 0 Å². The molecule has 0 aliphatic carbocycles. The highest BCUT2D eigenvalue weighted by Gasteiger charge is 2.26. The van der Waals surface area contributed by atoms with Crippen LogP contribution in [0.25, 0.3) is 0 Å². The van der Waals surface area contributed by atoms with Crippen LogP contribution in [0.1, 0.15) is 22.6 Å². The number of hydrogen-bond acceptors (Lipinski definition) is 2. The molecule has 0 bridgehead atoms. The number of alkyl halides is 1. The maximum absolute atomic E-state index is 12.1. The summed E-state index contributed by atoms with van der Waals surface area (Å²) in [6.07, 6.45) is 0.797. The van der Waals surface area contributed by atoms with E-state index < -0.39 is 0 Å². The van der Waals surface area contributed by atoms with E-state index in [-0.39, 0.29) is 22.3 Å². The molecule has 18 heavy (non-hydrogen) atoms. The van der Waals surface area contributed by atoms with Crippen molar-refractivity contribution in [3.05, 3.63) is 21.4 Å². The highest BCUT2D eigenvalue weighted by molar-refractivity contribution is 6.44. The topological polar surface area (TPSA) is 56.9 Å². The van der Waals surface area contributed by atoms with Crippen molar-refractivity contribution in [3.8, 4) is 0 Å². The number of halogens is 3. The monoisotopic (exact) mass is 309 g/mol. The number of aromatic amines is 1. The molecule has 1 aliphatic rings. The van der Waals surface area contributed by atoms with Crippen LogP contribution in [-0.4, -0.2) is 35.4 Å². The van der Waals surface area contributed by atoms with Gasteiger partial charge in [0.2, 0.25) is 0 Å². The molecule has 2 rings (SSSR count). The number of H-pyrrole nitrogens is 1. The number of nitrogens with one attached hydrogen (secondary N) is 3. The van der Waals surface area contributed by atoms with Crippen LogP contribution in [0.5, 0.6) is 0 Å². The molecule has 2 atom stereocenters. The molecule has 1 fully saturated rings. The number of piperidine rings is 1. The molecule has 7 heteroatoms. The van der Waals surface area contributed by atoms with Crippen molar-refractivity contribution < 1.29 is 4.79 Å². The lowest BCUT2D eigenvalue weighted by atomic mass is 10.1. The Morgan fingerprint density at radius 2 is 2.11 bits per heavy atom. The Morgan fingerprint density at radius 1 is 1.39 bits per heavy atom. The number of hydrogen-bond donors (Lipinski definition) is 3. The fourth-order valence-corrected chi connectivity index (χ4v) is 2.67. The van der Waals surface area contributed by atoms with Crippen LogP contribution >= 0.6 is 34.8 Å². The lowest BCUT2D eigenvalue weighted by molar-refractivity contribution is 0.0926. The van der Waals surface area contributed by atoms with Gasteiger partial charge in [0.15, 0.2) is 0 Å². The second kappa shape index (κ2) is 5.70. The summed E-state index contributed by atoms with van der Waals surface area (Å²) in [6.45, 7) is 3.29. The first-order chi connectivity index (χ1) is 8.50. The smallest absolute Gasteiger partial charge is 0.269 e. The Hall–Kier alpha value is -0.420. The molecule has 0 aromatic carbocycles. The van der Waals surface area contributed by atoms with E-state index in [0.29, 0.717) is 23.0 Å². The molecular weight excluding hydrogens is 296 g/mol. The largest absolute Gasteiger partial charge is 0.352 e. The van der Waals surface area contributed by atoms with Gasteiger partial charge in [-0.25, -0.2) is 0 Å². The van der Waals surface area contributed by atoms with Crippen molar-refractivity contribution in [1.82, 2.24) is 15.6 Å². The van der Waals surface area contributed by atoms with Crippen molar-refractivity contribution in [2.45, 2.75) is 24.8 Å². The molecule has 1 amide bonds. The van der Waals surface area contributed by atoms with E-state index in [1.54, 1.807) is 6.92 Å². The van der Waals surface area contributed by atoms with Crippen LogP contribution in [-0.2, 0) is 0 Å². The molecule has 0 radical (unpaired) electrons. The first kappa shape index (κ1) is 14.0. The summed E-state index contributed by atoms with van der Waals surface area (Å²) in [5.74, 6) is -0.271. The van der Waals surface area contributed by atoms with Crippen LogP contribution in [0.4, 0.5) is 0 Å². The Morgan fingerprint density at radius 3 is 2.67 bits per heavy atom. The summed E-state index contributed by atoms with van der Waals surface area (Å²) < 4.78 is 0. The molecule has 0 saturated carbocycles. The van der Waals surface area contributed by atoms with Crippen LogP contribution < -0.4 is 10.6 Å². The summed E-state index contributed by atoms with van der Waals surface area (Å²) >= 11 is 18.1. The van der Waals surface area contributed by atoms with E-state index in [1.165, 1.54) is 0 Å². The molecular formula is C11H14Cl3N3O. The average Bonchev–Trinajstić information content (AvgIpc) is 2.60. The average molecular weight is 311 g/mol. The fourth-order valence-electron chi connectivity index (χ4n) is 1.95. The Labute approximate surface area is 120 Å². The van der Waals surface area contributed by atoms with Gasteiger partial charge in [-0.15, -0.1) is 11.6 Å². The predicted molar refractivity (Wildman–Crippen MR) is 73.9 cm³/mol. The number of amides is 1. The van der Waals surface area contributed by atoms with Gasteiger partial charge in [0, 0.05) is 18.3 Å². The molecule has 100 valence electrons. The summed E-state index contributed by atoms with van der Waals surface area (Å²) in [4.78, 5) is 15.0. The van der Waals surface area contributed by atoms with E-state index in [9.17, 15) is 4.79 Å². The summed E-state index contributed by atoms with van der Waals surface area (Å²) in [7, 11) is 0. The highest BCUT2D eigenvalue weighted by Crippen LogP contribution is 2.29. The maximum atomic E-state index is 12.1. The molecule has 1 aromatic heterocycles. The lowest BCUT2D eigenvalue weighted by Gasteiger charge is -2.28. The molecule has 2 unspecified atom stereocenters. The quantitative estimate of drug-likeness (QED) is 0.734. The third-order valence-electron chi connectivity index (χ3n) is 3.01. The highest BCUT2D eigenvalue weighted by atomic mass is 35.5. The van der Waals surface area contributed by atoms with Gasteiger partial charge in [0.05, 0.1) is 15.4 Å². The standard InChI is InChI=1S/C11H14Cl3N3O/c1-5-8(13)9(14)10(16-5)11(18)17-7-2-3-15-4-6(7)12/h6-7,15-16H,2-4H2,1H3,(H,17,18). The minimum Gasteiger partial charge on any atom is -0.352 e. The van der Waals surface area contributed by atoms with E-state index in [0.717, 1.165) is 13.0 Å². The van der Waals surface area contributed by atoms with Gasteiger partial charge >= 0.3 is 0 Å². The number of aromatic nitrogens is 1. The molecule has 1 saturated heterocycles. The van der Waals surface area contributed by atoms with Crippen molar-refractivity contribution in [2.75, 3.05) is 13.1 Å². The first-order valence-electron chi connectivity index (χ1n) is 5.70. The fraction of sp³-hybridized carbons (Fsp3) is 0.545. The van der Waals surface area contributed by atoms with E-state index in [4.69, 9.17) is 34.8 Å². The summed E-state index contributed by atoms with van der Waals surface area (Å²) in [5, 5.41) is 6.57. The number of aryl methyl sites for hydroxylation is 1. The van der Waals surface area contributed by atoms with Crippen LogP contribution in [0.3, 0.4) is 0 Å². The molecule has 3 N–H and O–H groups in total.